The summed E-state index contributed by atoms with van der Waals surface area (Å²) in [5.74, 6) is -2.05. The molecule has 1 aliphatic carbocycles. The summed E-state index contributed by atoms with van der Waals surface area (Å²) in [6.07, 6.45) is 2.49. The third kappa shape index (κ3) is 4.42. The Morgan fingerprint density at radius 3 is 2.47 bits per heavy atom. The molecule has 1 aliphatic rings. The number of urea groups is 1. The zero-order valence-corrected chi connectivity index (χ0v) is 11.2. The van der Waals surface area contributed by atoms with Gasteiger partial charge in [0.2, 0.25) is 5.91 Å². The van der Waals surface area contributed by atoms with Crippen molar-refractivity contribution in [3.8, 4) is 0 Å². The third-order valence-corrected chi connectivity index (χ3v) is 3.57. The number of hydrogen-bond donors (Lipinski definition) is 4. The van der Waals surface area contributed by atoms with E-state index >= 15 is 0 Å². The highest BCUT2D eigenvalue weighted by molar-refractivity contribution is 5.87. The highest BCUT2D eigenvalue weighted by Crippen LogP contribution is 2.37. The van der Waals surface area contributed by atoms with Crippen LogP contribution in [0.5, 0.6) is 0 Å². The lowest BCUT2D eigenvalue weighted by Gasteiger charge is -2.28. The predicted octanol–water partition coefficient (Wildman–Crippen LogP) is 0.193. The molecule has 0 saturated heterocycles. The van der Waals surface area contributed by atoms with Crippen molar-refractivity contribution in [3.63, 3.8) is 0 Å². The van der Waals surface area contributed by atoms with Gasteiger partial charge in [-0.1, -0.05) is 20.3 Å². The van der Waals surface area contributed by atoms with Crippen LogP contribution in [0.15, 0.2) is 0 Å². The number of nitrogens with one attached hydrogen (secondary N) is 2. The maximum absolute atomic E-state index is 11.7. The van der Waals surface area contributed by atoms with E-state index in [1.165, 1.54) is 0 Å². The minimum atomic E-state index is -1.29. The van der Waals surface area contributed by atoms with Crippen LogP contribution in [-0.2, 0) is 9.59 Å². The zero-order valence-electron chi connectivity index (χ0n) is 11.2. The average molecular weight is 271 g/mol. The van der Waals surface area contributed by atoms with Gasteiger partial charge in [-0.2, -0.15) is 0 Å². The summed E-state index contributed by atoms with van der Waals surface area (Å²) in [7, 11) is 0. The monoisotopic (exact) mass is 271 g/mol. The van der Waals surface area contributed by atoms with Crippen molar-refractivity contribution in [1.29, 1.82) is 0 Å². The van der Waals surface area contributed by atoms with Gasteiger partial charge in [0.25, 0.3) is 0 Å². The first-order valence-electron chi connectivity index (χ1n) is 6.30. The van der Waals surface area contributed by atoms with Crippen LogP contribution in [0.2, 0.25) is 0 Å². The molecule has 0 radical (unpaired) electrons. The second-order valence-electron chi connectivity index (χ2n) is 5.61. The van der Waals surface area contributed by atoms with Crippen molar-refractivity contribution in [3.05, 3.63) is 0 Å². The molecule has 0 aromatic carbocycles. The maximum atomic E-state index is 11.7. The molecule has 0 aromatic rings. The molecule has 1 saturated carbocycles. The van der Waals surface area contributed by atoms with Gasteiger partial charge in [-0.3, -0.25) is 4.79 Å². The summed E-state index contributed by atoms with van der Waals surface area (Å²) in [6.45, 7) is 4.12. The average Bonchev–Trinajstić information content (AvgIpc) is 2.56. The van der Waals surface area contributed by atoms with Gasteiger partial charge in [0.1, 0.15) is 6.04 Å². The molecule has 7 nitrogen and oxygen atoms in total. The van der Waals surface area contributed by atoms with Crippen LogP contribution in [0.1, 0.15) is 39.5 Å². The van der Waals surface area contributed by atoms with Gasteiger partial charge in [-0.05, 0) is 18.3 Å². The number of amides is 3. The van der Waals surface area contributed by atoms with Crippen molar-refractivity contribution in [2.24, 2.45) is 11.1 Å². The smallest absolute Gasteiger partial charge is 0.326 e. The molecule has 0 spiro atoms. The summed E-state index contributed by atoms with van der Waals surface area (Å²) in [5, 5.41) is 13.9. The number of carbonyl (C=O) groups is 3. The van der Waals surface area contributed by atoms with Crippen LogP contribution < -0.4 is 16.4 Å². The number of nitrogens with two attached hydrogens (primary N) is 1. The van der Waals surface area contributed by atoms with Gasteiger partial charge in [-0.15, -0.1) is 0 Å². The SMILES string of the molecule is CC1(C)CCCC1NC(=O)N[C@H](CC(N)=O)C(=O)O. The molecule has 5 N–H and O–H groups in total. The van der Waals surface area contributed by atoms with Crippen molar-refractivity contribution in [2.75, 3.05) is 0 Å². The normalized spacial score (nSPS) is 22.5. The Hall–Kier alpha value is -1.79. The molecule has 0 aromatic heterocycles. The highest BCUT2D eigenvalue weighted by Gasteiger charge is 2.36. The first-order valence-corrected chi connectivity index (χ1v) is 6.30. The first-order chi connectivity index (χ1) is 8.72. The predicted molar refractivity (Wildman–Crippen MR) is 68.3 cm³/mol. The summed E-state index contributed by atoms with van der Waals surface area (Å²) in [6, 6.07) is -1.86. The van der Waals surface area contributed by atoms with E-state index in [-0.39, 0.29) is 11.5 Å². The fourth-order valence-electron chi connectivity index (χ4n) is 2.35. The summed E-state index contributed by atoms with van der Waals surface area (Å²) < 4.78 is 0. The molecule has 7 heteroatoms. The largest absolute Gasteiger partial charge is 0.480 e. The van der Waals surface area contributed by atoms with Crippen molar-refractivity contribution in [2.45, 2.75) is 51.6 Å². The molecule has 3 amide bonds. The van der Waals surface area contributed by atoms with Crippen molar-refractivity contribution < 1.29 is 19.5 Å². The van der Waals surface area contributed by atoms with Crippen LogP contribution in [0, 0.1) is 5.41 Å². The van der Waals surface area contributed by atoms with Gasteiger partial charge in [0.05, 0.1) is 6.42 Å². The van der Waals surface area contributed by atoms with Crippen molar-refractivity contribution >= 4 is 17.9 Å². The van der Waals surface area contributed by atoms with Crippen molar-refractivity contribution in [1.82, 2.24) is 10.6 Å². The second kappa shape index (κ2) is 5.90. The van der Waals surface area contributed by atoms with Gasteiger partial charge in [0.15, 0.2) is 0 Å². The number of aliphatic carboxylic acids is 1. The fourth-order valence-corrected chi connectivity index (χ4v) is 2.35. The van der Waals surface area contributed by atoms with E-state index in [4.69, 9.17) is 10.8 Å². The van der Waals surface area contributed by atoms with Gasteiger partial charge in [0, 0.05) is 6.04 Å². The van der Waals surface area contributed by atoms with E-state index < -0.39 is 30.4 Å². The Kier molecular flexibility index (Phi) is 4.74. The summed E-state index contributed by atoms with van der Waals surface area (Å²) >= 11 is 0. The number of rotatable bonds is 5. The Morgan fingerprint density at radius 1 is 1.42 bits per heavy atom. The molecule has 19 heavy (non-hydrogen) atoms. The van der Waals surface area contributed by atoms with Gasteiger partial charge in [-0.25, -0.2) is 9.59 Å². The number of carboxylic acid groups (broad SMARTS) is 1. The van der Waals surface area contributed by atoms with E-state index in [1.54, 1.807) is 0 Å². The molecule has 108 valence electrons. The van der Waals surface area contributed by atoms with Crippen LogP contribution in [0.25, 0.3) is 0 Å². The minimum Gasteiger partial charge on any atom is -0.480 e. The third-order valence-electron chi connectivity index (χ3n) is 3.57. The van der Waals surface area contributed by atoms with E-state index in [9.17, 15) is 14.4 Å². The molecule has 0 heterocycles. The fraction of sp³-hybridized carbons (Fsp3) is 0.750. The van der Waals surface area contributed by atoms with Crippen LogP contribution in [0.3, 0.4) is 0 Å². The molecule has 1 rings (SSSR count). The Bertz CT molecular complexity index is 381. The van der Waals surface area contributed by atoms with Crippen LogP contribution >= 0.6 is 0 Å². The molecule has 1 unspecified atom stereocenters. The van der Waals surface area contributed by atoms with E-state index in [0.717, 1.165) is 19.3 Å². The lowest BCUT2D eigenvalue weighted by molar-refractivity contribution is -0.140. The number of carboxylic acids is 1. The molecule has 0 bridgehead atoms. The quantitative estimate of drug-likeness (QED) is 0.570. The van der Waals surface area contributed by atoms with E-state index in [1.807, 2.05) is 0 Å². The first kappa shape index (κ1) is 15.3. The number of hydrogen-bond acceptors (Lipinski definition) is 3. The van der Waals surface area contributed by atoms with Gasteiger partial charge < -0.3 is 21.5 Å². The lowest BCUT2D eigenvalue weighted by atomic mass is 9.87. The Labute approximate surface area is 111 Å². The maximum Gasteiger partial charge on any atom is 0.326 e. The molecular formula is C12H21N3O4. The molecule has 0 aliphatic heterocycles. The number of primary amides is 1. The highest BCUT2D eigenvalue weighted by atomic mass is 16.4. The summed E-state index contributed by atoms with van der Waals surface area (Å²) in [5.41, 5.74) is 4.94. The van der Waals surface area contributed by atoms with Crippen LogP contribution in [-0.4, -0.2) is 35.1 Å². The van der Waals surface area contributed by atoms with E-state index in [2.05, 4.69) is 24.5 Å². The molecule has 2 atom stereocenters. The minimum absolute atomic E-state index is 0.000251. The number of carbonyl (C=O) groups excluding carboxylic acids is 2. The van der Waals surface area contributed by atoms with Gasteiger partial charge >= 0.3 is 12.0 Å². The topological polar surface area (TPSA) is 122 Å². The zero-order chi connectivity index (χ0) is 14.6. The molecular weight excluding hydrogens is 250 g/mol. The second-order valence-corrected chi connectivity index (χ2v) is 5.61. The van der Waals surface area contributed by atoms with Crippen LogP contribution in [0.4, 0.5) is 4.79 Å². The Morgan fingerprint density at radius 2 is 2.05 bits per heavy atom. The summed E-state index contributed by atoms with van der Waals surface area (Å²) in [4.78, 5) is 33.4. The van der Waals surface area contributed by atoms with E-state index in [0.29, 0.717) is 0 Å². The lowest BCUT2D eigenvalue weighted by Crippen LogP contribution is -2.52. The standard InChI is InChI=1S/C12H21N3O4/c1-12(2)5-3-4-8(12)15-11(19)14-7(10(17)18)6-9(13)16/h7-8H,3-6H2,1-2H3,(H2,13,16)(H,17,18)(H2,14,15,19)/t7-,8?/m1/s1. The Balaban J connectivity index is 2.53. The molecule has 1 fully saturated rings.